The maximum Gasteiger partial charge on any atom is 0.540 e. The molecule has 2 unspecified atom stereocenters. The third kappa shape index (κ3) is 7.68. The van der Waals surface area contributed by atoms with E-state index in [0.29, 0.717) is 12.3 Å². The maximum absolute atomic E-state index is 13.3. The average molecular weight is 547 g/mol. The van der Waals surface area contributed by atoms with Crippen molar-refractivity contribution in [3.8, 4) is 11.5 Å². The Morgan fingerprint density at radius 2 is 1.58 bits per heavy atom. The Morgan fingerprint density at radius 1 is 0.972 bits per heavy atom. The van der Waals surface area contributed by atoms with Crippen LogP contribution in [-0.4, -0.2) is 39.4 Å². The molecular weight excluding hydrogens is 516 g/mol. The lowest BCUT2D eigenvalue weighted by Crippen LogP contribution is -2.22. The van der Waals surface area contributed by atoms with E-state index in [0.717, 1.165) is 22.4 Å². The van der Waals surface area contributed by atoms with Gasteiger partial charge in [0, 0.05) is 20.8 Å². The van der Waals surface area contributed by atoms with Crippen LogP contribution in [0, 0.1) is 0 Å². The largest absolute Gasteiger partial charge is 0.540 e. The van der Waals surface area contributed by atoms with Gasteiger partial charge in [-0.3, -0.25) is 14.4 Å². The van der Waals surface area contributed by atoms with Crippen molar-refractivity contribution < 1.29 is 22.9 Å². The number of hydrogen-bond acceptors (Lipinski definition) is 8. The van der Waals surface area contributed by atoms with Crippen LogP contribution in [0.4, 0.5) is 0 Å². The van der Waals surface area contributed by atoms with E-state index in [4.69, 9.17) is 30.1 Å². The van der Waals surface area contributed by atoms with E-state index in [2.05, 4.69) is 10.4 Å². The summed E-state index contributed by atoms with van der Waals surface area (Å²) in [6.07, 6.45) is 1.71. The molecule has 0 amide bonds. The SMILES string of the molecule is COc1ccc(/C=N/N(C)[P+](=S)Oc2ccc(C(NCc3ccccc3)P(=O)(OC)OC)cc2)cc1. The lowest BCUT2D eigenvalue weighted by molar-refractivity contribution is 0.259. The molecule has 0 spiro atoms. The highest BCUT2D eigenvalue weighted by Gasteiger charge is 2.35. The van der Waals surface area contributed by atoms with Gasteiger partial charge >= 0.3 is 14.7 Å². The quantitative estimate of drug-likeness (QED) is 0.157. The lowest BCUT2D eigenvalue weighted by Gasteiger charge is -2.26. The second-order valence-corrected chi connectivity index (χ2v) is 12.1. The van der Waals surface area contributed by atoms with Gasteiger partial charge < -0.3 is 13.8 Å². The topological polar surface area (TPSA) is 81.6 Å². The zero-order valence-corrected chi connectivity index (χ0v) is 23.2. The predicted molar refractivity (Wildman–Crippen MR) is 147 cm³/mol. The molecular formula is C25H30N3O5P2S+. The second-order valence-electron chi connectivity index (χ2n) is 7.58. The molecule has 3 aromatic carbocycles. The molecule has 36 heavy (non-hydrogen) atoms. The van der Waals surface area contributed by atoms with Gasteiger partial charge in [0.15, 0.2) is 5.75 Å². The van der Waals surface area contributed by atoms with Crippen LogP contribution in [0.3, 0.4) is 0 Å². The van der Waals surface area contributed by atoms with Gasteiger partial charge in [-0.15, -0.1) is 5.10 Å². The number of methoxy groups -OCH3 is 1. The smallest absolute Gasteiger partial charge is 0.497 e. The monoisotopic (exact) mass is 546 g/mol. The van der Waals surface area contributed by atoms with Gasteiger partial charge in [-0.1, -0.05) is 47.2 Å². The first-order valence-corrected chi connectivity index (χ1v) is 14.9. The van der Waals surface area contributed by atoms with Crippen molar-refractivity contribution in [1.82, 2.24) is 10.1 Å². The van der Waals surface area contributed by atoms with Crippen molar-refractivity contribution in [2.24, 2.45) is 5.10 Å². The number of rotatable bonds is 13. The number of hydrazone groups is 1. The van der Waals surface area contributed by atoms with Gasteiger partial charge in [-0.2, -0.15) is 0 Å². The summed E-state index contributed by atoms with van der Waals surface area (Å²) in [7, 11) is 1.26. The maximum atomic E-state index is 13.3. The normalized spacial score (nSPS) is 12.8. The van der Waals surface area contributed by atoms with Crippen LogP contribution in [0.1, 0.15) is 22.5 Å². The molecule has 0 bridgehead atoms. The van der Waals surface area contributed by atoms with Crippen LogP contribution in [0.5, 0.6) is 11.5 Å². The Balaban J connectivity index is 1.67. The van der Waals surface area contributed by atoms with E-state index in [1.165, 1.54) is 14.2 Å². The van der Waals surface area contributed by atoms with E-state index in [1.807, 2.05) is 66.7 Å². The fourth-order valence-electron chi connectivity index (χ4n) is 3.25. The number of ether oxygens (including phenoxy) is 1. The number of hydrogen-bond donors (Lipinski definition) is 1. The summed E-state index contributed by atoms with van der Waals surface area (Å²) in [5.41, 5.74) is 2.71. The molecule has 11 heteroatoms. The highest BCUT2D eigenvalue weighted by atomic mass is 32.4. The molecule has 190 valence electrons. The first-order valence-electron chi connectivity index (χ1n) is 11.0. The number of benzene rings is 3. The number of nitrogens with zero attached hydrogens (tertiary/aromatic N) is 2. The summed E-state index contributed by atoms with van der Waals surface area (Å²) in [4.78, 5) is 0. The highest BCUT2D eigenvalue weighted by molar-refractivity contribution is 8.02. The van der Waals surface area contributed by atoms with Crippen LogP contribution in [0.25, 0.3) is 0 Å². The van der Waals surface area contributed by atoms with Gasteiger partial charge in [0.25, 0.3) is 0 Å². The van der Waals surface area contributed by atoms with E-state index < -0.39 is 20.5 Å². The summed E-state index contributed by atoms with van der Waals surface area (Å²) in [6, 6.07) is 24.6. The molecule has 3 aromatic rings. The van der Waals surface area contributed by atoms with E-state index in [9.17, 15) is 4.57 Å². The summed E-state index contributed by atoms with van der Waals surface area (Å²) in [6.45, 7) is 0.495. The van der Waals surface area contributed by atoms with Crippen LogP contribution >= 0.6 is 14.7 Å². The van der Waals surface area contributed by atoms with Crippen molar-refractivity contribution in [3.05, 3.63) is 95.6 Å². The average Bonchev–Trinajstić information content (AvgIpc) is 2.93. The van der Waals surface area contributed by atoms with Crippen molar-refractivity contribution in [1.29, 1.82) is 0 Å². The summed E-state index contributed by atoms with van der Waals surface area (Å²) >= 11 is 5.51. The molecule has 0 heterocycles. The molecule has 0 saturated heterocycles. The Hall–Kier alpha value is -2.64. The second kappa shape index (κ2) is 13.6. The van der Waals surface area contributed by atoms with Gasteiger partial charge in [-0.05, 0) is 53.1 Å². The fourth-order valence-corrected chi connectivity index (χ4v) is 5.61. The Bertz CT molecular complexity index is 1190. The third-order valence-corrected chi connectivity index (χ3v) is 9.28. The summed E-state index contributed by atoms with van der Waals surface area (Å²) in [5, 5.41) is 7.69. The van der Waals surface area contributed by atoms with Crippen LogP contribution in [-0.2, 0) is 32.0 Å². The van der Waals surface area contributed by atoms with Crippen molar-refractivity contribution >= 4 is 32.7 Å². The Labute approximate surface area is 218 Å². The van der Waals surface area contributed by atoms with E-state index in [1.54, 1.807) is 37.3 Å². The summed E-state index contributed by atoms with van der Waals surface area (Å²) in [5.74, 6) is 0.698. The third-order valence-electron chi connectivity index (χ3n) is 5.27. The van der Waals surface area contributed by atoms with Crippen LogP contribution < -0.4 is 14.6 Å². The Morgan fingerprint density at radius 3 is 2.17 bits per heavy atom. The lowest BCUT2D eigenvalue weighted by atomic mass is 10.2. The molecule has 0 saturated carbocycles. The Kier molecular flexibility index (Phi) is 10.6. The molecule has 0 aliphatic carbocycles. The van der Waals surface area contributed by atoms with Crippen molar-refractivity contribution in [3.63, 3.8) is 0 Å². The molecule has 0 aliphatic heterocycles. The molecule has 1 N–H and O–H groups in total. The fraction of sp³-hybridized carbons (Fsp3) is 0.240. The molecule has 0 radical (unpaired) electrons. The first kappa shape index (κ1) is 27.9. The molecule has 0 aliphatic rings. The van der Waals surface area contributed by atoms with Crippen LogP contribution in [0.2, 0.25) is 0 Å². The molecule has 8 nitrogen and oxygen atoms in total. The standard InChI is InChI=1S/C25H30N3O5P2S/c1-28(27-19-21-10-14-23(30-2)15-11-21)34(36)33-24-16-12-22(13-17-24)25(35(29,31-3)32-4)26-18-20-8-6-5-7-9-20/h5-17,19,25-26H,18H2,1-4H3/q+1/b27-19+. The summed E-state index contributed by atoms with van der Waals surface area (Å²) < 4.78 is 36.5. The van der Waals surface area contributed by atoms with E-state index >= 15 is 0 Å². The number of nitrogens with one attached hydrogen (secondary N) is 1. The molecule has 3 rings (SSSR count). The molecule has 2 atom stereocenters. The van der Waals surface area contributed by atoms with Gasteiger partial charge in [-0.25, -0.2) is 0 Å². The van der Waals surface area contributed by atoms with Gasteiger partial charge in [0.2, 0.25) is 11.8 Å². The van der Waals surface area contributed by atoms with Gasteiger partial charge in [0.05, 0.1) is 20.4 Å². The zero-order valence-electron chi connectivity index (χ0n) is 20.6. The molecule has 0 aromatic heterocycles. The van der Waals surface area contributed by atoms with E-state index in [-0.39, 0.29) is 0 Å². The predicted octanol–water partition coefficient (Wildman–Crippen LogP) is 6.09. The first-order chi connectivity index (χ1) is 17.4. The minimum absolute atomic E-state index is 0.495. The van der Waals surface area contributed by atoms with Crippen molar-refractivity contribution in [2.75, 3.05) is 28.4 Å². The van der Waals surface area contributed by atoms with Crippen molar-refractivity contribution in [2.45, 2.75) is 12.3 Å². The minimum atomic E-state index is -3.46. The zero-order chi connectivity index (χ0) is 26.0. The minimum Gasteiger partial charge on any atom is -0.497 e. The van der Waals surface area contributed by atoms with Crippen LogP contribution in [0.15, 0.2) is 84.0 Å². The van der Waals surface area contributed by atoms with Gasteiger partial charge in [0.1, 0.15) is 11.5 Å². The molecule has 0 fully saturated rings. The highest BCUT2D eigenvalue weighted by Crippen LogP contribution is 2.58.